The maximum atomic E-state index is 11.0. The Balaban J connectivity index is 2.33. The van der Waals surface area contributed by atoms with E-state index in [0.29, 0.717) is 10.5 Å². The molecular formula is C13H15N3O2S. The molecule has 19 heavy (non-hydrogen) atoms. The van der Waals surface area contributed by atoms with Gasteiger partial charge in [0.2, 0.25) is 0 Å². The van der Waals surface area contributed by atoms with Crippen LogP contribution >= 0.6 is 11.8 Å². The second-order valence-corrected chi connectivity index (χ2v) is 6.61. The van der Waals surface area contributed by atoms with Crippen molar-refractivity contribution >= 4 is 23.1 Å². The zero-order valence-corrected chi connectivity index (χ0v) is 11.7. The van der Waals surface area contributed by atoms with Crippen molar-refractivity contribution in [3.05, 3.63) is 33.9 Å². The fourth-order valence-electron chi connectivity index (χ4n) is 2.35. The van der Waals surface area contributed by atoms with Crippen molar-refractivity contribution in [1.82, 2.24) is 0 Å². The summed E-state index contributed by atoms with van der Waals surface area (Å²) in [6.45, 7) is 6.06. The molecule has 1 aromatic rings. The summed E-state index contributed by atoms with van der Waals surface area (Å²) < 4.78 is 0. The Labute approximate surface area is 116 Å². The van der Waals surface area contributed by atoms with Gasteiger partial charge in [-0.2, -0.15) is 17.0 Å². The van der Waals surface area contributed by atoms with Crippen LogP contribution in [-0.4, -0.2) is 28.5 Å². The predicted octanol–water partition coefficient (Wildman–Crippen LogP) is 2.80. The Hall–Kier alpha value is -1.74. The van der Waals surface area contributed by atoms with Gasteiger partial charge < -0.3 is 4.90 Å². The van der Waals surface area contributed by atoms with E-state index in [0.717, 1.165) is 18.8 Å². The van der Waals surface area contributed by atoms with Gasteiger partial charge in [0.05, 0.1) is 4.92 Å². The van der Waals surface area contributed by atoms with E-state index in [1.165, 1.54) is 12.1 Å². The number of nitro groups is 1. The fraction of sp³-hybridized carbons (Fsp3) is 0.462. The Morgan fingerprint density at radius 2 is 2.05 bits per heavy atom. The van der Waals surface area contributed by atoms with Crippen molar-refractivity contribution in [1.29, 1.82) is 5.26 Å². The zero-order valence-electron chi connectivity index (χ0n) is 10.9. The summed E-state index contributed by atoms with van der Waals surface area (Å²) >= 11 is 1.93. The minimum absolute atomic E-state index is 0.112. The summed E-state index contributed by atoms with van der Waals surface area (Å²) in [5.74, 6) is 0. The van der Waals surface area contributed by atoms with E-state index in [-0.39, 0.29) is 11.3 Å². The van der Waals surface area contributed by atoms with Crippen molar-refractivity contribution in [2.75, 3.05) is 18.0 Å². The lowest BCUT2D eigenvalue weighted by Crippen LogP contribution is -2.40. The van der Waals surface area contributed by atoms with Gasteiger partial charge in [0.25, 0.3) is 5.69 Å². The van der Waals surface area contributed by atoms with Crippen LogP contribution < -0.4 is 4.90 Å². The smallest absolute Gasteiger partial charge is 0.289 e. The summed E-state index contributed by atoms with van der Waals surface area (Å²) in [7, 11) is 0. The number of nitro benzene ring substituents is 1. The van der Waals surface area contributed by atoms with Crippen LogP contribution in [0.15, 0.2) is 18.2 Å². The first-order valence-electron chi connectivity index (χ1n) is 6.10. The molecule has 0 spiro atoms. The molecule has 1 aliphatic rings. The maximum Gasteiger partial charge on any atom is 0.289 e. The van der Waals surface area contributed by atoms with Crippen LogP contribution in [-0.2, 0) is 0 Å². The van der Waals surface area contributed by atoms with E-state index in [4.69, 9.17) is 5.26 Å². The number of anilines is 1. The molecule has 100 valence electrons. The molecular weight excluding hydrogens is 262 g/mol. The Bertz CT molecular complexity index is 531. The average Bonchev–Trinajstić information content (AvgIpc) is 2.36. The molecule has 0 amide bonds. The number of nitrogens with zero attached hydrogens (tertiary/aromatic N) is 3. The van der Waals surface area contributed by atoms with Crippen molar-refractivity contribution in [2.24, 2.45) is 0 Å². The quantitative estimate of drug-likeness (QED) is 0.614. The third kappa shape index (κ3) is 2.99. The second kappa shape index (κ2) is 5.49. The van der Waals surface area contributed by atoms with Gasteiger partial charge in [-0.15, -0.1) is 0 Å². The van der Waals surface area contributed by atoms with E-state index in [1.54, 1.807) is 6.07 Å². The first kappa shape index (κ1) is 13.7. The molecule has 1 fully saturated rings. The molecule has 0 aromatic heterocycles. The number of nitriles is 1. The minimum atomic E-state index is -0.492. The molecule has 0 radical (unpaired) electrons. The molecule has 0 saturated carbocycles. The summed E-state index contributed by atoms with van der Waals surface area (Å²) in [5.41, 5.74) is 0.824. The third-order valence-corrected chi connectivity index (χ3v) is 4.31. The topological polar surface area (TPSA) is 70.2 Å². The molecule has 0 aliphatic carbocycles. The molecule has 0 N–H and O–H groups in total. The number of hydrogen-bond acceptors (Lipinski definition) is 5. The largest absolute Gasteiger partial charge is 0.369 e. The summed E-state index contributed by atoms with van der Waals surface area (Å²) in [6, 6.07) is 6.69. The van der Waals surface area contributed by atoms with E-state index < -0.39 is 4.92 Å². The van der Waals surface area contributed by atoms with Crippen molar-refractivity contribution in [2.45, 2.75) is 24.3 Å². The van der Waals surface area contributed by atoms with Gasteiger partial charge >= 0.3 is 0 Å². The highest BCUT2D eigenvalue weighted by Gasteiger charge is 2.24. The monoisotopic (exact) mass is 277 g/mol. The Kier molecular flexibility index (Phi) is 3.96. The number of benzene rings is 1. The van der Waals surface area contributed by atoms with Gasteiger partial charge in [-0.25, -0.2) is 0 Å². The second-order valence-electron chi connectivity index (χ2n) is 4.73. The lowest BCUT2D eigenvalue weighted by molar-refractivity contribution is -0.385. The highest BCUT2D eigenvalue weighted by Crippen LogP contribution is 2.31. The van der Waals surface area contributed by atoms with Crippen LogP contribution in [0, 0.1) is 21.4 Å². The first-order valence-corrected chi connectivity index (χ1v) is 7.04. The lowest BCUT2D eigenvalue weighted by atomic mass is 10.1. The van der Waals surface area contributed by atoms with E-state index >= 15 is 0 Å². The normalized spacial score (nSPS) is 22.9. The predicted molar refractivity (Wildman–Crippen MR) is 76.5 cm³/mol. The van der Waals surface area contributed by atoms with Crippen LogP contribution in [0.2, 0.25) is 0 Å². The van der Waals surface area contributed by atoms with E-state index in [1.807, 2.05) is 17.8 Å². The minimum Gasteiger partial charge on any atom is -0.369 e. The van der Waals surface area contributed by atoms with Crippen molar-refractivity contribution in [3.63, 3.8) is 0 Å². The number of hydrogen-bond donors (Lipinski definition) is 0. The molecule has 5 nitrogen and oxygen atoms in total. The van der Waals surface area contributed by atoms with Crippen LogP contribution in [0.1, 0.15) is 19.4 Å². The molecule has 1 aromatic carbocycles. The zero-order chi connectivity index (χ0) is 14.0. The van der Waals surface area contributed by atoms with E-state index in [2.05, 4.69) is 18.7 Å². The first-order chi connectivity index (χ1) is 9.01. The lowest BCUT2D eigenvalue weighted by Gasteiger charge is -2.36. The maximum absolute atomic E-state index is 11.0. The van der Waals surface area contributed by atoms with Crippen LogP contribution in [0.4, 0.5) is 11.4 Å². The summed E-state index contributed by atoms with van der Waals surface area (Å²) in [5, 5.41) is 20.9. The highest BCUT2D eigenvalue weighted by molar-refractivity contribution is 8.00. The number of thioether (sulfide) groups is 1. The molecule has 1 heterocycles. The average molecular weight is 277 g/mol. The molecule has 2 atom stereocenters. The van der Waals surface area contributed by atoms with Gasteiger partial charge in [0.1, 0.15) is 11.6 Å². The molecule has 6 heteroatoms. The SMILES string of the molecule is CC1CN(c2ccc(C#N)c([N+](=O)[O-])c2)CC(C)S1. The van der Waals surface area contributed by atoms with E-state index in [9.17, 15) is 10.1 Å². The summed E-state index contributed by atoms with van der Waals surface area (Å²) in [4.78, 5) is 12.6. The highest BCUT2D eigenvalue weighted by atomic mass is 32.2. The Morgan fingerprint density at radius 1 is 1.42 bits per heavy atom. The van der Waals surface area contributed by atoms with Crippen LogP contribution in [0.25, 0.3) is 0 Å². The van der Waals surface area contributed by atoms with Crippen molar-refractivity contribution in [3.8, 4) is 6.07 Å². The molecule has 1 aliphatic heterocycles. The fourth-order valence-corrected chi connectivity index (χ4v) is 3.68. The molecule has 0 bridgehead atoms. The van der Waals surface area contributed by atoms with Gasteiger partial charge in [-0.1, -0.05) is 13.8 Å². The van der Waals surface area contributed by atoms with Gasteiger partial charge in [0.15, 0.2) is 0 Å². The van der Waals surface area contributed by atoms with Crippen LogP contribution in [0.5, 0.6) is 0 Å². The Morgan fingerprint density at radius 3 is 2.58 bits per heavy atom. The van der Waals surface area contributed by atoms with Crippen molar-refractivity contribution < 1.29 is 4.92 Å². The molecule has 1 saturated heterocycles. The van der Waals surface area contributed by atoms with Gasteiger partial charge in [-0.05, 0) is 12.1 Å². The third-order valence-electron chi connectivity index (χ3n) is 3.08. The van der Waals surface area contributed by atoms with Gasteiger partial charge in [0, 0.05) is 35.3 Å². The molecule has 2 rings (SSSR count). The van der Waals surface area contributed by atoms with Crippen LogP contribution in [0.3, 0.4) is 0 Å². The molecule has 2 unspecified atom stereocenters. The standard InChI is InChI=1S/C13H15N3O2S/c1-9-7-15(8-10(2)19-9)12-4-3-11(6-14)13(5-12)16(17)18/h3-5,9-10H,7-8H2,1-2H3. The summed E-state index contributed by atoms with van der Waals surface area (Å²) in [6.07, 6.45) is 0. The van der Waals surface area contributed by atoms with Gasteiger partial charge in [-0.3, -0.25) is 10.1 Å². The number of rotatable bonds is 2.